The molecule has 0 fully saturated rings. The summed E-state index contributed by atoms with van der Waals surface area (Å²) in [5.41, 5.74) is 0.568. The summed E-state index contributed by atoms with van der Waals surface area (Å²) in [4.78, 5) is 11.2. The summed E-state index contributed by atoms with van der Waals surface area (Å²) in [6.45, 7) is 0. The number of carbonyl (C=O) groups is 1. The van der Waals surface area contributed by atoms with Gasteiger partial charge in [-0.1, -0.05) is 0 Å². The third-order valence-electron chi connectivity index (χ3n) is 2.27. The largest absolute Gasteiger partial charge is 0.465 e. The van der Waals surface area contributed by atoms with Crippen LogP contribution in [0.5, 0.6) is 0 Å². The lowest BCUT2D eigenvalue weighted by molar-refractivity contribution is 0.0596. The van der Waals surface area contributed by atoms with Gasteiger partial charge in [0.25, 0.3) is 0 Å². The number of halogens is 1. The third-order valence-corrected chi connectivity index (χ3v) is 2.27. The summed E-state index contributed by atoms with van der Waals surface area (Å²) in [5.74, 6) is -1.27. The molecule has 2 aromatic rings. The molecule has 0 aliphatic rings. The molecule has 0 spiro atoms. The molecule has 1 aromatic carbocycles. The molecule has 1 heterocycles. The van der Waals surface area contributed by atoms with E-state index in [9.17, 15) is 9.18 Å². The molecule has 0 unspecified atom stereocenters. The van der Waals surface area contributed by atoms with E-state index >= 15 is 0 Å². The second kappa shape index (κ2) is 3.34. The third kappa shape index (κ3) is 1.36. The van der Waals surface area contributed by atoms with Crippen LogP contribution in [0.25, 0.3) is 10.9 Å². The van der Waals surface area contributed by atoms with E-state index < -0.39 is 11.8 Å². The normalized spacial score (nSPS) is 10.6. The molecule has 0 saturated carbocycles. The Hall–Kier alpha value is -1.91. The van der Waals surface area contributed by atoms with Crippen LogP contribution in [0.1, 0.15) is 10.4 Å². The quantitative estimate of drug-likeness (QED) is 0.667. The molecule has 0 aliphatic carbocycles. The van der Waals surface area contributed by atoms with Crippen molar-refractivity contribution in [3.63, 3.8) is 0 Å². The van der Waals surface area contributed by atoms with Gasteiger partial charge in [-0.3, -0.25) is 4.68 Å². The number of methoxy groups -OCH3 is 1. The second-order valence-electron chi connectivity index (χ2n) is 3.12. The van der Waals surface area contributed by atoms with Gasteiger partial charge in [-0.2, -0.15) is 5.10 Å². The van der Waals surface area contributed by atoms with Crippen molar-refractivity contribution in [1.29, 1.82) is 0 Å². The van der Waals surface area contributed by atoms with Gasteiger partial charge in [0.1, 0.15) is 5.82 Å². The molecule has 15 heavy (non-hydrogen) atoms. The maximum atomic E-state index is 13.8. The van der Waals surface area contributed by atoms with Crippen molar-refractivity contribution < 1.29 is 13.9 Å². The summed E-state index contributed by atoms with van der Waals surface area (Å²) >= 11 is 0. The Morgan fingerprint density at radius 3 is 2.93 bits per heavy atom. The first kappa shape index (κ1) is 9.64. The molecule has 0 aliphatic heterocycles. The fraction of sp³-hybridized carbons (Fsp3) is 0.200. The van der Waals surface area contributed by atoms with Gasteiger partial charge in [0, 0.05) is 7.05 Å². The van der Waals surface area contributed by atoms with Crippen LogP contribution in [-0.2, 0) is 11.8 Å². The molecule has 4 nitrogen and oxygen atoms in total. The minimum absolute atomic E-state index is 0.0713. The Labute approximate surface area is 85.3 Å². The maximum absolute atomic E-state index is 13.8. The molecule has 5 heteroatoms. The molecule has 0 radical (unpaired) electrons. The minimum Gasteiger partial charge on any atom is -0.465 e. The molecule has 0 amide bonds. The number of aromatic nitrogens is 2. The van der Waals surface area contributed by atoms with E-state index in [0.717, 1.165) is 0 Å². The standard InChI is InChI=1S/C10H9FN2O2/c1-13-8-4-3-6(10(14)15-2)9(11)7(8)5-12-13/h3-5H,1-2H3. The van der Waals surface area contributed by atoms with Gasteiger partial charge in [0.2, 0.25) is 0 Å². The van der Waals surface area contributed by atoms with Gasteiger partial charge in [-0.05, 0) is 12.1 Å². The number of carbonyl (C=O) groups excluding carboxylic acids is 1. The van der Waals surface area contributed by atoms with Gasteiger partial charge in [-0.25, -0.2) is 9.18 Å². The Morgan fingerprint density at radius 1 is 1.53 bits per heavy atom. The second-order valence-corrected chi connectivity index (χ2v) is 3.12. The van der Waals surface area contributed by atoms with Gasteiger partial charge in [0.15, 0.2) is 0 Å². The summed E-state index contributed by atoms with van der Waals surface area (Å²) < 4.78 is 19.8. The number of hydrogen-bond acceptors (Lipinski definition) is 3. The lowest BCUT2D eigenvalue weighted by Crippen LogP contribution is -2.04. The zero-order valence-electron chi connectivity index (χ0n) is 8.32. The SMILES string of the molecule is COC(=O)c1ccc2c(cnn2C)c1F. The average molecular weight is 208 g/mol. The first-order chi connectivity index (χ1) is 7.15. The summed E-state index contributed by atoms with van der Waals surface area (Å²) in [5, 5.41) is 4.23. The summed E-state index contributed by atoms with van der Waals surface area (Å²) in [6, 6.07) is 3.03. The topological polar surface area (TPSA) is 44.1 Å². The number of nitrogens with zero attached hydrogens (tertiary/aromatic N) is 2. The molecule has 78 valence electrons. The molecular formula is C10H9FN2O2. The number of hydrogen-bond donors (Lipinski definition) is 0. The predicted octanol–water partition coefficient (Wildman–Crippen LogP) is 1.50. The van der Waals surface area contributed by atoms with Gasteiger partial charge in [0.05, 0.1) is 29.8 Å². The van der Waals surface area contributed by atoms with Gasteiger partial charge >= 0.3 is 5.97 Å². The Balaban J connectivity index is 2.71. The van der Waals surface area contributed by atoms with E-state index in [-0.39, 0.29) is 5.56 Å². The highest BCUT2D eigenvalue weighted by Gasteiger charge is 2.16. The van der Waals surface area contributed by atoms with E-state index in [2.05, 4.69) is 9.84 Å². The van der Waals surface area contributed by atoms with Crippen LogP contribution < -0.4 is 0 Å². The fourth-order valence-electron chi connectivity index (χ4n) is 1.46. The monoisotopic (exact) mass is 208 g/mol. The molecule has 0 bridgehead atoms. The highest BCUT2D eigenvalue weighted by Crippen LogP contribution is 2.20. The van der Waals surface area contributed by atoms with Crippen molar-refractivity contribution >= 4 is 16.9 Å². The van der Waals surface area contributed by atoms with Crippen molar-refractivity contribution in [1.82, 2.24) is 9.78 Å². The van der Waals surface area contributed by atoms with Crippen molar-refractivity contribution in [3.05, 3.63) is 29.7 Å². The van der Waals surface area contributed by atoms with E-state index in [4.69, 9.17) is 0 Å². The van der Waals surface area contributed by atoms with Gasteiger partial charge < -0.3 is 4.74 Å². The Bertz CT molecular complexity index is 533. The van der Waals surface area contributed by atoms with E-state index in [1.54, 1.807) is 17.8 Å². The molecule has 1 aromatic heterocycles. The predicted molar refractivity (Wildman–Crippen MR) is 52.0 cm³/mol. The Morgan fingerprint density at radius 2 is 2.27 bits per heavy atom. The van der Waals surface area contributed by atoms with Crippen LogP contribution in [0, 0.1) is 5.82 Å². The molecular weight excluding hydrogens is 199 g/mol. The molecule has 0 N–H and O–H groups in total. The fourth-order valence-corrected chi connectivity index (χ4v) is 1.46. The number of esters is 1. The van der Waals surface area contributed by atoms with Crippen molar-refractivity contribution in [2.24, 2.45) is 7.05 Å². The van der Waals surface area contributed by atoms with E-state index in [1.165, 1.54) is 19.4 Å². The number of aryl methyl sites for hydroxylation is 1. The lowest BCUT2D eigenvalue weighted by Gasteiger charge is -2.01. The van der Waals surface area contributed by atoms with Crippen LogP contribution in [0.2, 0.25) is 0 Å². The lowest BCUT2D eigenvalue weighted by atomic mass is 10.1. The average Bonchev–Trinajstić information content (AvgIpc) is 2.61. The number of ether oxygens (including phenoxy) is 1. The van der Waals surface area contributed by atoms with Crippen LogP contribution in [0.3, 0.4) is 0 Å². The highest BCUT2D eigenvalue weighted by molar-refractivity contribution is 5.95. The van der Waals surface area contributed by atoms with Crippen LogP contribution in [0.4, 0.5) is 4.39 Å². The van der Waals surface area contributed by atoms with Gasteiger partial charge in [-0.15, -0.1) is 0 Å². The highest BCUT2D eigenvalue weighted by atomic mass is 19.1. The zero-order valence-corrected chi connectivity index (χ0v) is 8.32. The molecule has 2 rings (SSSR count). The first-order valence-corrected chi connectivity index (χ1v) is 4.33. The number of rotatable bonds is 1. The first-order valence-electron chi connectivity index (χ1n) is 4.33. The summed E-state index contributed by atoms with van der Waals surface area (Å²) in [7, 11) is 2.93. The number of fused-ring (bicyclic) bond motifs is 1. The van der Waals surface area contributed by atoms with Crippen molar-refractivity contribution in [3.8, 4) is 0 Å². The summed E-state index contributed by atoms with van der Waals surface area (Å²) in [6.07, 6.45) is 1.39. The maximum Gasteiger partial charge on any atom is 0.340 e. The van der Waals surface area contributed by atoms with E-state index in [1.807, 2.05) is 0 Å². The number of benzene rings is 1. The Kier molecular flexibility index (Phi) is 2.15. The van der Waals surface area contributed by atoms with Crippen molar-refractivity contribution in [2.75, 3.05) is 7.11 Å². The van der Waals surface area contributed by atoms with Crippen LogP contribution >= 0.6 is 0 Å². The van der Waals surface area contributed by atoms with Crippen LogP contribution in [0.15, 0.2) is 18.3 Å². The smallest absolute Gasteiger partial charge is 0.340 e. The molecule has 0 atom stereocenters. The van der Waals surface area contributed by atoms with Crippen molar-refractivity contribution in [2.45, 2.75) is 0 Å². The van der Waals surface area contributed by atoms with Crippen LogP contribution in [-0.4, -0.2) is 22.9 Å². The van der Waals surface area contributed by atoms with E-state index in [0.29, 0.717) is 10.9 Å². The molecule has 0 saturated heterocycles. The minimum atomic E-state index is -0.682. The zero-order chi connectivity index (χ0) is 11.0.